The van der Waals surface area contributed by atoms with Crippen molar-refractivity contribution in [1.82, 2.24) is 10.2 Å². The van der Waals surface area contributed by atoms with Crippen LogP contribution < -0.4 is 5.73 Å². The van der Waals surface area contributed by atoms with Crippen LogP contribution in [0.3, 0.4) is 0 Å². The van der Waals surface area contributed by atoms with E-state index in [2.05, 4.69) is 10.2 Å². The zero-order valence-electron chi connectivity index (χ0n) is 8.43. The Kier molecular flexibility index (Phi) is 3.77. The lowest BCUT2D eigenvalue weighted by Crippen LogP contribution is -2.00. The van der Waals surface area contributed by atoms with Gasteiger partial charge in [-0.05, 0) is 24.3 Å². The molecule has 1 heterocycles. The van der Waals surface area contributed by atoms with Gasteiger partial charge in [0, 0.05) is 28.2 Å². The summed E-state index contributed by atoms with van der Waals surface area (Å²) >= 11 is 7.43. The molecular formula is C11H10ClN3S. The SMILES string of the molecule is NCc1ccnnc1Sc1cccc(Cl)c1. The Morgan fingerprint density at radius 3 is 2.94 bits per heavy atom. The molecule has 2 aromatic rings. The Morgan fingerprint density at radius 1 is 1.31 bits per heavy atom. The van der Waals surface area contributed by atoms with Gasteiger partial charge in [-0.2, -0.15) is 5.10 Å². The van der Waals surface area contributed by atoms with Crippen molar-refractivity contribution in [1.29, 1.82) is 0 Å². The molecule has 0 saturated heterocycles. The topological polar surface area (TPSA) is 51.8 Å². The summed E-state index contributed by atoms with van der Waals surface area (Å²) in [6.45, 7) is 0.457. The number of halogens is 1. The van der Waals surface area contributed by atoms with Crippen molar-refractivity contribution in [2.45, 2.75) is 16.5 Å². The minimum Gasteiger partial charge on any atom is -0.326 e. The van der Waals surface area contributed by atoms with Crippen LogP contribution in [0.4, 0.5) is 0 Å². The molecule has 0 atom stereocenters. The van der Waals surface area contributed by atoms with E-state index in [-0.39, 0.29) is 0 Å². The average molecular weight is 252 g/mol. The van der Waals surface area contributed by atoms with Crippen LogP contribution in [0.5, 0.6) is 0 Å². The van der Waals surface area contributed by atoms with Crippen LogP contribution in [0.15, 0.2) is 46.5 Å². The maximum Gasteiger partial charge on any atom is 0.128 e. The molecule has 0 spiro atoms. The molecule has 0 aliphatic heterocycles. The largest absolute Gasteiger partial charge is 0.326 e. The Morgan fingerprint density at radius 2 is 2.19 bits per heavy atom. The maximum atomic E-state index is 5.91. The molecule has 0 bridgehead atoms. The summed E-state index contributed by atoms with van der Waals surface area (Å²) in [4.78, 5) is 1.03. The Balaban J connectivity index is 2.26. The van der Waals surface area contributed by atoms with Gasteiger partial charge in [-0.15, -0.1) is 5.10 Å². The second kappa shape index (κ2) is 5.30. The van der Waals surface area contributed by atoms with E-state index in [1.54, 1.807) is 6.20 Å². The number of nitrogens with two attached hydrogens (primary N) is 1. The minimum absolute atomic E-state index is 0.457. The predicted octanol–water partition coefficient (Wildman–Crippen LogP) is 2.74. The molecule has 0 radical (unpaired) electrons. The van der Waals surface area contributed by atoms with Gasteiger partial charge >= 0.3 is 0 Å². The zero-order chi connectivity index (χ0) is 11.4. The third kappa shape index (κ3) is 2.72. The van der Waals surface area contributed by atoms with Gasteiger partial charge in [-0.1, -0.05) is 29.4 Å². The number of rotatable bonds is 3. The second-order valence-corrected chi connectivity index (χ2v) is 4.62. The van der Waals surface area contributed by atoms with E-state index in [0.29, 0.717) is 11.6 Å². The molecule has 5 heteroatoms. The van der Waals surface area contributed by atoms with Gasteiger partial charge in [0.1, 0.15) is 5.03 Å². The molecule has 0 aliphatic rings. The van der Waals surface area contributed by atoms with Gasteiger partial charge in [-0.25, -0.2) is 0 Å². The maximum absolute atomic E-state index is 5.91. The van der Waals surface area contributed by atoms with Crippen LogP contribution in [0.1, 0.15) is 5.56 Å². The molecule has 0 aliphatic carbocycles. The van der Waals surface area contributed by atoms with Crippen LogP contribution in [0.25, 0.3) is 0 Å². The first kappa shape index (κ1) is 11.4. The van der Waals surface area contributed by atoms with Crippen molar-refractivity contribution in [2.24, 2.45) is 5.73 Å². The number of hydrogen-bond donors (Lipinski definition) is 1. The molecule has 0 amide bonds. The number of benzene rings is 1. The fraction of sp³-hybridized carbons (Fsp3) is 0.0909. The van der Waals surface area contributed by atoms with Gasteiger partial charge in [0.25, 0.3) is 0 Å². The van der Waals surface area contributed by atoms with Crippen LogP contribution in [-0.4, -0.2) is 10.2 Å². The normalized spacial score (nSPS) is 10.4. The number of aromatic nitrogens is 2. The van der Waals surface area contributed by atoms with Crippen molar-refractivity contribution in [3.8, 4) is 0 Å². The van der Waals surface area contributed by atoms with E-state index in [9.17, 15) is 0 Å². The molecule has 82 valence electrons. The molecular weight excluding hydrogens is 242 g/mol. The monoisotopic (exact) mass is 251 g/mol. The first-order chi connectivity index (χ1) is 7.79. The van der Waals surface area contributed by atoms with E-state index >= 15 is 0 Å². The lowest BCUT2D eigenvalue weighted by molar-refractivity contribution is 0.866. The predicted molar refractivity (Wildman–Crippen MR) is 65.5 cm³/mol. The summed E-state index contributed by atoms with van der Waals surface area (Å²) in [6, 6.07) is 9.49. The second-order valence-electron chi connectivity index (χ2n) is 3.13. The minimum atomic E-state index is 0.457. The summed E-state index contributed by atoms with van der Waals surface area (Å²) in [5, 5.41) is 9.45. The Hall–Kier alpha value is -1.10. The Labute approximate surface area is 103 Å². The summed E-state index contributed by atoms with van der Waals surface area (Å²) < 4.78 is 0. The summed E-state index contributed by atoms with van der Waals surface area (Å²) in [7, 11) is 0. The molecule has 0 saturated carbocycles. The van der Waals surface area contributed by atoms with E-state index < -0.39 is 0 Å². The van der Waals surface area contributed by atoms with Crippen LogP contribution in [0.2, 0.25) is 5.02 Å². The number of hydrogen-bond acceptors (Lipinski definition) is 4. The van der Waals surface area contributed by atoms with Crippen molar-refractivity contribution < 1.29 is 0 Å². The molecule has 1 aromatic carbocycles. The highest BCUT2D eigenvalue weighted by Gasteiger charge is 2.05. The summed E-state index contributed by atoms with van der Waals surface area (Å²) in [6.07, 6.45) is 1.64. The van der Waals surface area contributed by atoms with Gasteiger partial charge in [0.05, 0.1) is 0 Å². The van der Waals surface area contributed by atoms with E-state index in [4.69, 9.17) is 17.3 Å². The third-order valence-corrected chi connectivity index (χ3v) is 3.26. The van der Waals surface area contributed by atoms with E-state index in [1.807, 2.05) is 30.3 Å². The molecule has 0 unspecified atom stereocenters. The highest BCUT2D eigenvalue weighted by atomic mass is 35.5. The van der Waals surface area contributed by atoms with E-state index in [1.165, 1.54) is 11.8 Å². The van der Waals surface area contributed by atoms with Crippen molar-refractivity contribution >= 4 is 23.4 Å². The third-order valence-electron chi connectivity index (χ3n) is 2.00. The lowest BCUT2D eigenvalue weighted by Gasteiger charge is -2.04. The van der Waals surface area contributed by atoms with Crippen molar-refractivity contribution in [2.75, 3.05) is 0 Å². The highest BCUT2D eigenvalue weighted by Crippen LogP contribution is 2.29. The highest BCUT2D eigenvalue weighted by molar-refractivity contribution is 7.99. The quantitative estimate of drug-likeness (QED) is 0.911. The fourth-order valence-corrected chi connectivity index (χ4v) is 2.41. The molecule has 3 nitrogen and oxygen atoms in total. The molecule has 2 rings (SSSR count). The number of nitrogens with zero attached hydrogens (tertiary/aromatic N) is 2. The van der Waals surface area contributed by atoms with E-state index in [0.717, 1.165) is 15.5 Å². The fourth-order valence-electron chi connectivity index (χ4n) is 1.23. The van der Waals surface area contributed by atoms with Crippen molar-refractivity contribution in [3.63, 3.8) is 0 Å². The van der Waals surface area contributed by atoms with Crippen molar-refractivity contribution in [3.05, 3.63) is 47.1 Å². The molecule has 0 fully saturated rings. The van der Waals surface area contributed by atoms with Gasteiger partial charge in [0.15, 0.2) is 0 Å². The zero-order valence-corrected chi connectivity index (χ0v) is 10.0. The first-order valence-corrected chi connectivity index (χ1v) is 5.93. The molecule has 16 heavy (non-hydrogen) atoms. The van der Waals surface area contributed by atoms with Gasteiger partial charge in [-0.3, -0.25) is 0 Å². The standard InChI is InChI=1S/C11H10ClN3S/c12-9-2-1-3-10(6-9)16-11-8(7-13)4-5-14-15-11/h1-6H,7,13H2. The molecule has 1 aromatic heterocycles. The first-order valence-electron chi connectivity index (χ1n) is 4.73. The smallest absolute Gasteiger partial charge is 0.128 e. The van der Waals surface area contributed by atoms with Crippen LogP contribution >= 0.6 is 23.4 Å². The average Bonchev–Trinajstić information content (AvgIpc) is 2.30. The van der Waals surface area contributed by atoms with Gasteiger partial charge < -0.3 is 5.73 Å². The van der Waals surface area contributed by atoms with Crippen LogP contribution in [-0.2, 0) is 6.54 Å². The van der Waals surface area contributed by atoms with Crippen LogP contribution in [0, 0.1) is 0 Å². The van der Waals surface area contributed by atoms with Gasteiger partial charge in [0.2, 0.25) is 0 Å². The summed E-state index contributed by atoms with van der Waals surface area (Å²) in [5.41, 5.74) is 6.61. The Bertz CT molecular complexity index is 490. The summed E-state index contributed by atoms with van der Waals surface area (Å²) in [5.74, 6) is 0. The lowest BCUT2D eigenvalue weighted by atomic mass is 10.3. The molecule has 2 N–H and O–H groups in total.